The third-order valence-electron chi connectivity index (χ3n) is 8.07. The Kier molecular flexibility index (Phi) is 11.3. The summed E-state index contributed by atoms with van der Waals surface area (Å²) in [5.41, 5.74) is 8.02. The summed E-state index contributed by atoms with van der Waals surface area (Å²) in [6.45, 7) is 0.0341. The van der Waals surface area contributed by atoms with Crippen LogP contribution in [0.25, 0.3) is 10.8 Å². The number of likely N-dealkylation sites (N-methyl/N-ethyl adjacent to an activating group) is 1. The second kappa shape index (κ2) is 15.3. The van der Waals surface area contributed by atoms with E-state index in [0.29, 0.717) is 0 Å². The van der Waals surface area contributed by atoms with Gasteiger partial charge in [-0.1, -0.05) is 92.1 Å². The zero-order valence-electron chi connectivity index (χ0n) is 25.0. The van der Waals surface area contributed by atoms with Gasteiger partial charge in [-0.3, -0.25) is 19.2 Å². The predicted octanol–water partition coefficient (Wildman–Crippen LogP) is 3.48. The van der Waals surface area contributed by atoms with E-state index in [1.807, 2.05) is 72.8 Å². The Balaban J connectivity index is 1.52. The fourth-order valence-corrected chi connectivity index (χ4v) is 5.62. The van der Waals surface area contributed by atoms with E-state index < -0.39 is 42.3 Å². The maximum Gasteiger partial charge on any atom is 0.308 e. The smallest absolute Gasteiger partial charge is 0.308 e. The molecule has 1 aliphatic carbocycles. The Hall–Kier alpha value is -4.24. The number of nitrogens with zero attached hydrogens (tertiary/aromatic N) is 1. The number of rotatable bonds is 12. The molecule has 3 amide bonds. The van der Waals surface area contributed by atoms with E-state index in [9.17, 15) is 19.2 Å². The number of hydrogen-bond acceptors (Lipinski definition) is 6. The molecule has 0 aromatic heterocycles. The monoisotopic (exact) mass is 586 g/mol. The molecule has 1 aliphatic rings. The molecule has 3 atom stereocenters. The molecule has 0 heterocycles. The van der Waals surface area contributed by atoms with Crippen LogP contribution in [0.3, 0.4) is 0 Å². The average Bonchev–Trinajstić information content (AvgIpc) is 3.03. The van der Waals surface area contributed by atoms with E-state index in [1.165, 1.54) is 4.90 Å². The van der Waals surface area contributed by atoms with Crippen molar-refractivity contribution in [2.75, 3.05) is 14.1 Å². The minimum absolute atomic E-state index is 0.0110. The molecule has 43 heavy (non-hydrogen) atoms. The zero-order chi connectivity index (χ0) is 30.8. The molecule has 0 radical (unpaired) electrons. The number of nitrogens with one attached hydrogen (secondary N) is 2. The first kappa shape index (κ1) is 31.7. The van der Waals surface area contributed by atoms with Gasteiger partial charge < -0.3 is 26.0 Å². The standard InChI is InChI=1S/C34H42N4O5/c1-38(2)34(42)29(20-26-18-11-17-24-14-9-10-19-27(24)26)37-32(40)28(21-30(39)43-22-23-12-5-3-6-13-23)36-33(41)31(35)25-15-7-4-8-16-25/h3,5-6,9-14,17-19,25,28-29,31H,4,7-8,15-16,20-22,35H2,1-2H3,(H,36,41)(H,37,40)/t28-,29-,31-/m0/s1. The molecule has 0 aliphatic heterocycles. The van der Waals surface area contributed by atoms with E-state index in [0.717, 1.165) is 54.0 Å². The molecule has 0 bridgehead atoms. The quantitative estimate of drug-likeness (QED) is 0.279. The van der Waals surface area contributed by atoms with Crippen LogP contribution < -0.4 is 16.4 Å². The second-order valence-electron chi connectivity index (χ2n) is 11.5. The van der Waals surface area contributed by atoms with Crippen molar-refractivity contribution in [2.24, 2.45) is 11.7 Å². The highest BCUT2D eigenvalue weighted by molar-refractivity contribution is 5.95. The number of carbonyl (C=O) groups excluding carboxylic acids is 4. The van der Waals surface area contributed by atoms with Gasteiger partial charge in [-0.2, -0.15) is 0 Å². The number of nitrogens with two attached hydrogens (primary N) is 1. The molecule has 1 saturated carbocycles. The summed E-state index contributed by atoms with van der Waals surface area (Å²) in [7, 11) is 3.24. The van der Waals surface area contributed by atoms with Gasteiger partial charge in [0.15, 0.2) is 0 Å². The normalized spacial score (nSPS) is 15.6. The lowest BCUT2D eigenvalue weighted by atomic mass is 9.84. The topological polar surface area (TPSA) is 131 Å². The molecule has 3 aromatic carbocycles. The van der Waals surface area contributed by atoms with E-state index in [-0.39, 0.29) is 24.9 Å². The van der Waals surface area contributed by atoms with Gasteiger partial charge in [-0.25, -0.2) is 0 Å². The summed E-state index contributed by atoms with van der Waals surface area (Å²) in [6.07, 6.45) is 4.63. The minimum Gasteiger partial charge on any atom is -0.461 e. The third-order valence-corrected chi connectivity index (χ3v) is 8.07. The van der Waals surface area contributed by atoms with Crippen molar-refractivity contribution in [2.45, 2.75) is 69.7 Å². The van der Waals surface area contributed by atoms with Crippen LogP contribution in [0.15, 0.2) is 72.8 Å². The molecular weight excluding hydrogens is 544 g/mol. The number of hydrogen-bond donors (Lipinski definition) is 3. The van der Waals surface area contributed by atoms with Gasteiger partial charge in [0, 0.05) is 20.5 Å². The SMILES string of the molecule is CN(C)C(=O)[C@H](Cc1cccc2ccccc12)NC(=O)[C@H](CC(=O)OCc1ccccc1)NC(=O)[C@@H](N)C1CCCCC1. The van der Waals surface area contributed by atoms with Gasteiger partial charge in [-0.05, 0) is 40.7 Å². The van der Waals surface area contributed by atoms with Crippen LogP contribution in [0.5, 0.6) is 0 Å². The number of esters is 1. The highest BCUT2D eigenvalue weighted by Gasteiger charge is 2.33. The fourth-order valence-electron chi connectivity index (χ4n) is 5.62. The molecule has 0 unspecified atom stereocenters. The lowest BCUT2D eigenvalue weighted by Crippen LogP contribution is -2.57. The summed E-state index contributed by atoms with van der Waals surface area (Å²) >= 11 is 0. The van der Waals surface area contributed by atoms with Crippen LogP contribution in [0.4, 0.5) is 0 Å². The first-order valence-electron chi connectivity index (χ1n) is 15.0. The Morgan fingerprint density at radius 3 is 2.21 bits per heavy atom. The number of ether oxygens (including phenoxy) is 1. The molecule has 4 rings (SSSR count). The molecule has 9 heteroatoms. The summed E-state index contributed by atoms with van der Waals surface area (Å²) in [4.78, 5) is 54.5. The Labute approximate surface area is 253 Å². The lowest BCUT2D eigenvalue weighted by molar-refractivity contribution is -0.147. The van der Waals surface area contributed by atoms with Gasteiger partial charge in [0.1, 0.15) is 18.7 Å². The van der Waals surface area contributed by atoms with Gasteiger partial charge >= 0.3 is 5.97 Å². The van der Waals surface area contributed by atoms with Crippen molar-refractivity contribution >= 4 is 34.5 Å². The summed E-state index contributed by atoms with van der Waals surface area (Å²) in [5.74, 6) is -2.09. The second-order valence-corrected chi connectivity index (χ2v) is 11.5. The minimum atomic E-state index is -1.27. The molecule has 228 valence electrons. The highest BCUT2D eigenvalue weighted by Crippen LogP contribution is 2.26. The molecule has 3 aromatic rings. The molecule has 0 spiro atoms. The van der Waals surface area contributed by atoms with E-state index >= 15 is 0 Å². The lowest BCUT2D eigenvalue weighted by Gasteiger charge is -2.29. The maximum atomic E-state index is 13.7. The highest BCUT2D eigenvalue weighted by atomic mass is 16.5. The zero-order valence-corrected chi connectivity index (χ0v) is 25.0. The van der Waals surface area contributed by atoms with Crippen molar-refractivity contribution in [3.63, 3.8) is 0 Å². The van der Waals surface area contributed by atoms with Gasteiger partial charge in [0.2, 0.25) is 17.7 Å². The van der Waals surface area contributed by atoms with Crippen molar-refractivity contribution in [1.82, 2.24) is 15.5 Å². The van der Waals surface area contributed by atoms with Crippen molar-refractivity contribution in [1.29, 1.82) is 0 Å². The number of amides is 3. The number of carbonyl (C=O) groups is 4. The summed E-state index contributed by atoms with van der Waals surface area (Å²) in [6, 6.07) is 19.8. The number of fused-ring (bicyclic) bond motifs is 1. The first-order chi connectivity index (χ1) is 20.7. The van der Waals surface area contributed by atoms with Gasteiger partial charge in [0.05, 0.1) is 12.5 Å². The summed E-state index contributed by atoms with van der Waals surface area (Å²) in [5, 5.41) is 7.52. The predicted molar refractivity (Wildman–Crippen MR) is 166 cm³/mol. The Morgan fingerprint density at radius 2 is 1.49 bits per heavy atom. The first-order valence-corrected chi connectivity index (χ1v) is 15.0. The van der Waals surface area contributed by atoms with Crippen LogP contribution in [-0.4, -0.2) is 60.8 Å². The van der Waals surface area contributed by atoms with Gasteiger partial charge in [-0.15, -0.1) is 0 Å². The van der Waals surface area contributed by atoms with Crippen LogP contribution in [0, 0.1) is 5.92 Å². The molecule has 1 fully saturated rings. The largest absolute Gasteiger partial charge is 0.461 e. The van der Waals surface area contributed by atoms with Gasteiger partial charge in [0.25, 0.3) is 0 Å². The Bertz CT molecular complexity index is 1400. The van der Waals surface area contributed by atoms with Crippen LogP contribution >= 0.6 is 0 Å². The maximum absolute atomic E-state index is 13.7. The molecule has 0 saturated heterocycles. The summed E-state index contributed by atoms with van der Waals surface area (Å²) < 4.78 is 5.42. The third kappa shape index (κ3) is 8.88. The van der Waals surface area contributed by atoms with Crippen LogP contribution in [0.2, 0.25) is 0 Å². The van der Waals surface area contributed by atoms with Crippen LogP contribution in [0.1, 0.15) is 49.7 Å². The van der Waals surface area contributed by atoms with Crippen molar-refractivity contribution < 1.29 is 23.9 Å². The average molecular weight is 587 g/mol. The number of benzene rings is 3. The van der Waals surface area contributed by atoms with E-state index in [1.54, 1.807) is 14.1 Å². The van der Waals surface area contributed by atoms with E-state index in [4.69, 9.17) is 10.5 Å². The van der Waals surface area contributed by atoms with E-state index in [2.05, 4.69) is 10.6 Å². The molecule has 4 N–H and O–H groups in total. The molecule has 9 nitrogen and oxygen atoms in total. The molecular formula is C34H42N4O5. The Morgan fingerprint density at radius 1 is 0.837 bits per heavy atom. The van der Waals surface area contributed by atoms with Crippen molar-refractivity contribution in [3.8, 4) is 0 Å². The van der Waals surface area contributed by atoms with Crippen LogP contribution in [-0.2, 0) is 36.9 Å². The fraction of sp³-hybridized carbons (Fsp3) is 0.412. The van der Waals surface area contributed by atoms with Crippen molar-refractivity contribution in [3.05, 3.63) is 83.9 Å².